The highest BCUT2D eigenvalue weighted by atomic mass is 127. The van der Waals surface area contributed by atoms with Crippen LogP contribution in [0.1, 0.15) is 5.56 Å². The Balaban J connectivity index is 1.57. The van der Waals surface area contributed by atoms with Gasteiger partial charge in [-0.3, -0.25) is 4.79 Å². The number of nitrogens with one attached hydrogen (secondary N) is 1. The van der Waals surface area contributed by atoms with Crippen LogP contribution in [0.4, 0.5) is 5.69 Å². The number of carbonyl (C=O) groups is 1. The summed E-state index contributed by atoms with van der Waals surface area (Å²) >= 11 is 3.44. The summed E-state index contributed by atoms with van der Waals surface area (Å²) in [7, 11) is 0. The Bertz CT molecular complexity index is 849. The lowest BCUT2D eigenvalue weighted by atomic mass is 10.1. The van der Waals surface area contributed by atoms with E-state index in [0.29, 0.717) is 11.1 Å². The first-order valence-corrected chi connectivity index (χ1v) is 9.25. The molecule has 0 unspecified atom stereocenters. The fraction of sp³-hybridized carbons (Fsp3) is 0.118. The van der Waals surface area contributed by atoms with Gasteiger partial charge in [-0.2, -0.15) is 0 Å². The molecule has 2 aromatic carbocycles. The van der Waals surface area contributed by atoms with Crippen LogP contribution in [0.5, 0.6) is 0 Å². The maximum Gasteiger partial charge on any atom is 0.277 e. The SMILES string of the molecule is Cc1cccc(-c2nnc(SCC(=O)Nc3ccc(I)cc3)o2)c1. The molecule has 24 heavy (non-hydrogen) atoms. The second kappa shape index (κ2) is 7.80. The Labute approximate surface area is 157 Å². The molecule has 0 radical (unpaired) electrons. The molecule has 0 aliphatic rings. The number of hydrogen-bond acceptors (Lipinski definition) is 5. The molecule has 0 aliphatic carbocycles. The Kier molecular flexibility index (Phi) is 5.52. The molecular weight excluding hydrogens is 437 g/mol. The standard InChI is InChI=1S/C17H14IN3O2S/c1-11-3-2-4-12(9-11)16-20-21-17(23-16)24-10-15(22)19-14-7-5-13(18)6-8-14/h2-9H,10H2,1H3,(H,19,22). The number of anilines is 1. The van der Waals surface area contributed by atoms with Crippen LogP contribution in [0, 0.1) is 10.5 Å². The lowest BCUT2D eigenvalue weighted by molar-refractivity contribution is -0.113. The molecule has 7 heteroatoms. The molecular formula is C17H14IN3O2S. The highest BCUT2D eigenvalue weighted by Gasteiger charge is 2.11. The van der Waals surface area contributed by atoms with Gasteiger partial charge in [0.05, 0.1) is 5.75 Å². The number of nitrogens with zero attached hydrogens (tertiary/aromatic N) is 2. The summed E-state index contributed by atoms with van der Waals surface area (Å²) in [6.45, 7) is 2.00. The maximum absolute atomic E-state index is 12.0. The predicted octanol–water partition coefficient (Wildman–Crippen LogP) is 4.38. The maximum atomic E-state index is 12.0. The lowest BCUT2D eigenvalue weighted by Crippen LogP contribution is -2.13. The van der Waals surface area contributed by atoms with Crippen LogP contribution in [-0.4, -0.2) is 21.9 Å². The Morgan fingerprint density at radius 1 is 1.21 bits per heavy atom. The van der Waals surface area contributed by atoms with Crippen molar-refractivity contribution in [2.75, 3.05) is 11.1 Å². The zero-order valence-corrected chi connectivity index (χ0v) is 15.8. The molecule has 1 aromatic heterocycles. The Morgan fingerprint density at radius 3 is 2.75 bits per heavy atom. The van der Waals surface area contributed by atoms with Crippen molar-refractivity contribution in [3.63, 3.8) is 0 Å². The average molecular weight is 451 g/mol. The van der Waals surface area contributed by atoms with E-state index in [1.165, 1.54) is 11.8 Å². The molecule has 0 spiro atoms. The van der Waals surface area contributed by atoms with Crippen molar-refractivity contribution in [1.29, 1.82) is 0 Å². The van der Waals surface area contributed by atoms with E-state index < -0.39 is 0 Å². The first-order chi connectivity index (χ1) is 11.6. The molecule has 5 nitrogen and oxygen atoms in total. The van der Waals surface area contributed by atoms with E-state index in [-0.39, 0.29) is 11.7 Å². The normalized spacial score (nSPS) is 10.6. The highest BCUT2D eigenvalue weighted by Crippen LogP contribution is 2.23. The zero-order chi connectivity index (χ0) is 16.9. The van der Waals surface area contributed by atoms with E-state index in [1.807, 2.05) is 55.5 Å². The van der Waals surface area contributed by atoms with Gasteiger partial charge in [-0.1, -0.05) is 29.5 Å². The minimum Gasteiger partial charge on any atom is -0.411 e. The summed E-state index contributed by atoms with van der Waals surface area (Å²) in [6.07, 6.45) is 0. The molecule has 0 atom stereocenters. The number of carbonyl (C=O) groups excluding carboxylic acids is 1. The third-order valence-corrected chi connectivity index (χ3v) is 4.66. The van der Waals surface area contributed by atoms with Crippen molar-refractivity contribution in [1.82, 2.24) is 10.2 Å². The molecule has 122 valence electrons. The van der Waals surface area contributed by atoms with E-state index in [9.17, 15) is 4.79 Å². The first-order valence-electron chi connectivity index (χ1n) is 7.19. The molecule has 1 amide bonds. The number of aryl methyl sites for hydroxylation is 1. The molecule has 0 saturated carbocycles. The van der Waals surface area contributed by atoms with Crippen LogP contribution in [0.3, 0.4) is 0 Å². The average Bonchev–Trinajstić information content (AvgIpc) is 3.04. The van der Waals surface area contributed by atoms with Gasteiger partial charge >= 0.3 is 0 Å². The summed E-state index contributed by atoms with van der Waals surface area (Å²) < 4.78 is 6.72. The zero-order valence-electron chi connectivity index (χ0n) is 12.8. The smallest absolute Gasteiger partial charge is 0.277 e. The number of benzene rings is 2. The summed E-state index contributed by atoms with van der Waals surface area (Å²) in [4.78, 5) is 12.0. The number of amides is 1. The minimum atomic E-state index is -0.114. The molecule has 0 bridgehead atoms. The van der Waals surface area contributed by atoms with Crippen LogP contribution in [0.25, 0.3) is 11.5 Å². The van der Waals surface area contributed by atoms with Gasteiger partial charge in [0.2, 0.25) is 11.8 Å². The van der Waals surface area contributed by atoms with E-state index >= 15 is 0 Å². The van der Waals surface area contributed by atoms with Crippen molar-refractivity contribution in [3.8, 4) is 11.5 Å². The van der Waals surface area contributed by atoms with E-state index in [1.54, 1.807) is 0 Å². The fourth-order valence-corrected chi connectivity index (χ4v) is 2.94. The van der Waals surface area contributed by atoms with Crippen molar-refractivity contribution in [2.24, 2.45) is 0 Å². The van der Waals surface area contributed by atoms with E-state index in [4.69, 9.17) is 4.42 Å². The van der Waals surface area contributed by atoms with Crippen molar-refractivity contribution in [2.45, 2.75) is 12.1 Å². The largest absolute Gasteiger partial charge is 0.411 e. The van der Waals surface area contributed by atoms with Gasteiger partial charge in [0.25, 0.3) is 5.22 Å². The number of thioether (sulfide) groups is 1. The molecule has 0 saturated heterocycles. The molecule has 3 rings (SSSR count). The Morgan fingerprint density at radius 2 is 2.00 bits per heavy atom. The van der Waals surface area contributed by atoms with Gasteiger partial charge in [0.1, 0.15) is 0 Å². The summed E-state index contributed by atoms with van der Waals surface area (Å²) in [6, 6.07) is 15.5. The van der Waals surface area contributed by atoms with Crippen molar-refractivity contribution in [3.05, 3.63) is 57.7 Å². The van der Waals surface area contributed by atoms with E-state index in [2.05, 4.69) is 38.1 Å². The third-order valence-electron chi connectivity index (χ3n) is 3.13. The minimum absolute atomic E-state index is 0.114. The van der Waals surface area contributed by atoms with Gasteiger partial charge in [-0.25, -0.2) is 0 Å². The number of hydrogen-bond donors (Lipinski definition) is 1. The second-order valence-electron chi connectivity index (χ2n) is 5.09. The fourth-order valence-electron chi connectivity index (χ4n) is 2.02. The summed E-state index contributed by atoms with van der Waals surface area (Å²) in [5.74, 6) is 0.553. The molecule has 3 aromatic rings. The second-order valence-corrected chi connectivity index (χ2v) is 7.26. The lowest BCUT2D eigenvalue weighted by Gasteiger charge is -2.03. The molecule has 1 heterocycles. The monoisotopic (exact) mass is 451 g/mol. The Hall–Kier alpha value is -1.87. The summed E-state index contributed by atoms with van der Waals surface area (Å²) in [5, 5.41) is 11.2. The first kappa shape index (κ1) is 17.0. The molecule has 0 aliphatic heterocycles. The number of rotatable bonds is 5. The summed E-state index contributed by atoms with van der Waals surface area (Å²) in [5.41, 5.74) is 2.77. The number of aromatic nitrogens is 2. The van der Waals surface area contributed by atoms with Gasteiger partial charge in [-0.05, 0) is 65.9 Å². The van der Waals surface area contributed by atoms with Crippen LogP contribution < -0.4 is 5.32 Å². The van der Waals surface area contributed by atoms with Crippen molar-refractivity contribution >= 4 is 45.9 Å². The quantitative estimate of drug-likeness (QED) is 0.461. The van der Waals surface area contributed by atoms with Crippen LogP contribution in [0.2, 0.25) is 0 Å². The predicted molar refractivity (Wildman–Crippen MR) is 103 cm³/mol. The van der Waals surface area contributed by atoms with Crippen LogP contribution in [0.15, 0.2) is 58.2 Å². The number of halogens is 1. The van der Waals surface area contributed by atoms with Crippen LogP contribution >= 0.6 is 34.4 Å². The molecule has 0 fully saturated rings. The van der Waals surface area contributed by atoms with E-state index in [0.717, 1.165) is 20.4 Å². The third kappa shape index (κ3) is 4.57. The van der Waals surface area contributed by atoms with Gasteiger partial charge in [-0.15, -0.1) is 10.2 Å². The topological polar surface area (TPSA) is 68.0 Å². The molecule has 1 N–H and O–H groups in total. The van der Waals surface area contributed by atoms with Gasteiger partial charge < -0.3 is 9.73 Å². The highest BCUT2D eigenvalue weighted by molar-refractivity contribution is 14.1. The van der Waals surface area contributed by atoms with Gasteiger partial charge in [0, 0.05) is 14.8 Å². The van der Waals surface area contributed by atoms with Crippen LogP contribution in [-0.2, 0) is 4.79 Å². The van der Waals surface area contributed by atoms with Crippen molar-refractivity contribution < 1.29 is 9.21 Å². The van der Waals surface area contributed by atoms with Gasteiger partial charge in [0.15, 0.2) is 0 Å².